The first-order chi connectivity index (χ1) is 12.7. The molecule has 4 aromatic heterocycles. The van der Waals surface area contributed by atoms with E-state index >= 15 is 0 Å². The van der Waals surface area contributed by atoms with Crippen molar-refractivity contribution >= 4 is 22.9 Å². The standard InChI is InChI=1S/C18H18N6OS/c1-3-23-14(7-9-20-23)12(2)22-18(25)13-11-21-24-15(6-8-19-17(13)24)16-5-4-10-26-16/h4-12H,3H2,1-2H3,(H,22,25). The SMILES string of the molecule is CCn1nccc1C(C)NC(=O)c1cnn2c(-c3cccs3)ccnc12. The second kappa shape index (κ2) is 6.72. The van der Waals surface area contributed by atoms with Crippen molar-refractivity contribution in [3.8, 4) is 10.6 Å². The Kier molecular flexibility index (Phi) is 4.26. The molecule has 4 heterocycles. The van der Waals surface area contributed by atoms with Crippen LogP contribution >= 0.6 is 11.3 Å². The number of thiophene rings is 1. The zero-order valence-corrected chi connectivity index (χ0v) is 15.3. The molecule has 1 amide bonds. The predicted molar refractivity (Wildman–Crippen MR) is 100 cm³/mol. The molecule has 8 heteroatoms. The summed E-state index contributed by atoms with van der Waals surface area (Å²) in [6, 6.07) is 7.66. The van der Waals surface area contributed by atoms with Crippen molar-refractivity contribution in [2.45, 2.75) is 26.4 Å². The van der Waals surface area contributed by atoms with E-state index in [-0.39, 0.29) is 11.9 Å². The van der Waals surface area contributed by atoms with Crippen LogP contribution in [0, 0.1) is 0 Å². The molecule has 0 aliphatic carbocycles. The highest BCUT2D eigenvalue weighted by Crippen LogP contribution is 2.25. The molecule has 0 aliphatic rings. The number of amides is 1. The molecule has 0 aliphatic heterocycles. The maximum absolute atomic E-state index is 12.8. The van der Waals surface area contributed by atoms with Crippen molar-refractivity contribution in [3.05, 3.63) is 59.5 Å². The monoisotopic (exact) mass is 366 g/mol. The van der Waals surface area contributed by atoms with Crippen LogP contribution in [-0.2, 0) is 6.54 Å². The van der Waals surface area contributed by atoms with E-state index in [0.717, 1.165) is 22.8 Å². The van der Waals surface area contributed by atoms with E-state index in [2.05, 4.69) is 20.5 Å². The Hall–Kier alpha value is -3.00. The molecule has 26 heavy (non-hydrogen) atoms. The number of carbonyl (C=O) groups excluding carboxylic acids is 1. The van der Waals surface area contributed by atoms with Crippen molar-refractivity contribution < 1.29 is 4.79 Å². The van der Waals surface area contributed by atoms with Gasteiger partial charge in [-0.2, -0.15) is 10.2 Å². The summed E-state index contributed by atoms with van der Waals surface area (Å²) in [5, 5.41) is 13.7. The number of nitrogens with zero attached hydrogens (tertiary/aromatic N) is 5. The lowest BCUT2D eigenvalue weighted by molar-refractivity contribution is 0.0939. The number of aromatic nitrogens is 5. The Morgan fingerprint density at radius 3 is 2.92 bits per heavy atom. The van der Waals surface area contributed by atoms with Crippen molar-refractivity contribution in [3.63, 3.8) is 0 Å². The van der Waals surface area contributed by atoms with Crippen LogP contribution in [0.4, 0.5) is 0 Å². The van der Waals surface area contributed by atoms with Gasteiger partial charge in [-0.15, -0.1) is 11.3 Å². The smallest absolute Gasteiger partial charge is 0.257 e. The molecule has 4 rings (SSSR count). The molecule has 0 radical (unpaired) electrons. The Balaban J connectivity index is 1.65. The van der Waals surface area contributed by atoms with E-state index in [1.54, 1.807) is 34.4 Å². The third kappa shape index (κ3) is 2.78. The fourth-order valence-electron chi connectivity index (χ4n) is 2.99. The van der Waals surface area contributed by atoms with E-state index in [0.29, 0.717) is 11.2 Å². The number of aryl methyl sites for hydroxylation is 1. The van der Waals surface area contributed by atoms with Crippen LogP contribution in [0.3, 0.4) is 0 Å². The number of nitrogens with one attached hydrogen (secondary N) is 1. The molecule has 0 bridgehead atoms. The van der Waals surface area contributed by atoms with Crippen molar-refractivity contribution in [1.82, 2.24) is 29.7 Å². The minimum Gasteiger partial charge on any atom is -0.344 e. The zero-order chi connectivity index (χ0) is 18.1. The third-order valence-corrected chi connectivity index (χ3v) is 5.15. The van der Waals surface area contributed by atoms with E-state index in [1.807, 2.05) is 48.2 Å². The van der Waals surface area contributed by atoms with Gasteiger partial charge in [0.1, 0.15) is 5.56 Å². The minimum absolute atomic E-state index is 0.166. The first-order valence-electron chi connectivity index (χ1n) is 8.38. The van der Waals surface area contributed by atoms with E-state index < -0.39 is 0 Å². The topological polar surface area (TPSA) is 77.1 Å². The van der Waals surface area contributed by atoms with Gasteiger partial charge < -0.3 is 5.32 Å². The first kappa shape index (κ1) is 16.5. The van der Waals surface area contributed by atoms with Gasteiger partial charge in [0.2, 0.25) is 0 Å². The highest BCUT2D eigenvalue weighted by Gasteiger charge is 2.20. The van der Waals surface area contributed by atoms with Crippen LogP contribution < -0.4 is 5.32 Å². The normalized spacial score (nSPS) is 12.4. The highest BCUT2D eigenvalue weighted by atomic mass is 32.1. The molecule has 1 atom stereocenters. The predicted octanol–water partition coefficient (Wildman–Crippen LogP) is 3.17. The van der Waals surface area contributed by atoms with Crippen LogP contribution in [0.5, 0.6) is 0 Å². The molecule has 0 spiro atoms. The Labute approximate surface area is 154 Å². The molecular weight excluding hydrogens is 348 g/mol. The van der Waals surface area contributed by atoms with Crippen LogP contribution in [-0.4, -0.2) is 30.3 Å². The van der Waals surface area contributed by atoms with Gasteiger partial charge >= 0.3 is 0 Å². The average Bonchev–Trinajstić information content (AvgIpc) is 3.40. The van der Waals surface area contributed by atoms with Gasteiger partial charge in [-0.1, -0.05) is 6.07 Å². The molecule has 1 unspecified atom stereocenters. The van der Waals surface area contributed by atoms with E-state index in [4.69, 9.17) is 0 Å². The fourth-order valence-corrected chi connectivity index (χ4v) is 3.72. The maximum Gasteiger partial charge on any atom is 0.257 e. The summed E-state index contributed by atoms with van der Waals surface area (Å²) in [5.74, 6) is -0.202. The van der Waals surface area contributed by atoms with Crippen LogP contribution in [0.2, 0.25) is 0 Å². The van der Waals surface area contributed by atoms with Gasteiger partial charge in [0.15, 0.2) is 5.65 Å². The molecule has 0 saturated carbocycles. The molecule has 0 aromatic carbocycles. The summed E-state index contributed by atoms with van der Waals surface area (Å²) in [6.45, 7) is 4.72. The quantitative estimate of drug-likeness (QED) is 0.588. The summed E-state index contributed by atoms with van der Waals surface area (Å²) in [4.78, 5) is 18.2. The van der Waals surface area contributed by atoms with Crippen LogP contribution in [0.1, 0.15) is 35.9 Å². The molecular formula is C18H18N6OS. The third-order valence-electron chi connectivity index (χ3n) is 4.26. The summed E-state index contributed by atoms with van der Waals surface area (Å²) < 4.78 is 3.58. The second-order valence-electron chi connectivity index (χ2n) is 5.87. The molecule has 7 nitrogen and oxygen atoms in total. The maximum atomic E-state index is 12.8. The van der Waals surface area contributed by atoms with Gasteiger partial charge in [-0.3, -0.25) is 9.48 Å². The van der Waals surface area contributed by atoms with Crippen LogP contribution in [0.25, 0.3) is 16.2 Å². The molecule has 132 valence electrons. The molecule has 0 saturated heterocycles. The van der Waals surface area contributed by atoms with Gasteiger partial charge in [0.25, 0.3) is 5.91 Å². The van der Waals surface area contributed by atoms with Gasteiger partial charge in [-0.25, -0.2) is 9.50 Å². The van der Waals surface area contributed by atoms with Crippen molar-refractivity contribution in [1.29, 1.82) is 0 Å². The lowest BCUT2D eigenvalue weighted by Crippen LogP contribution is -2.28. The molecule has 1 N–H and O–H groups in total. The summed E-state index contributed by atoms with van der Waals surface area (Å²) in [5.41, 5.74) is 2.88. The zero-order valence-electron chi connectivity index (χ0n) is 14.5. The molecule has 0 fully saturated rings. The number of hydrogen-bond donors (Lipinski definition) is 1. The average molecular weight is 366 g/mol. The fraction of sp³-hybridized carbons (Fsp3) is 0.222. The van der Waals surface area contributed by atoms with E-state index in [9.17, 15) is 4.79 Å². The van der Waals surface area contributed by atoms with Crippen LogP contribution in [0.15, 0.2) is 48.2 Å². The number of hydrogen-bond acceptors (Lipinski definition) is 5. The van der Waals surface area contributed by atoms with Gasteiger partial charge in [-0.05, 0) is 37.4 Å². The minimum atomic E-state index is -0.202. The Morgan fingerprint density at radius 2 is 2.15 bits per heavy atom. The van der Waals surface area contributed by atoms with Crippen molar-refractivity contribution in [2.24, 2.45) is 0 Å². The largest absolute Gasteiger partial charge is 0.344 e. The summed E-state index contributed by atoms with van der Waals surface area (Å²) >= 11 is 1.62. The molecule has 4 aromatic rings. The van der Waals surface area contributed by atoms with Crippen molar-refractivity contribution in [2.75, 3.05) is 0 Å². The lowest BCUT2D eigenvalue weighted by Gasteiger charge is -2.14. The lowest BCUT2D eigenvalue weighted by atomic mass is 10.2. The summed E-state index contributed by atoms with van der Waals surface area (Å²) in [7, 11) is 0. The number of carbonyl (C=O) groups is 1. The van der Waals surface area contributed by atoms with Gasteiger partial charge in [0.05, 0.1) is 28.5 Å². The van der Waals surface area contributed by atoms with Gasteiger partial charge in [0, 0.05) is 18.9 Å². The Morgan fingerprint density at radius 1 is 1.27 bits per heavy atom. The second-order valence-corrected chi connectivity index (χ2v) is 6.82. The Bertz CT molecular complexity index is 1050. The highest BCUT2D eigenvalue weighted by molar-refractivity contribution is 7.13. The van der Waals surface area contributed by atoms with E-state index in [1.165, 1.54) is 0 Å². The number of rotatable bonds is 5. The number of fused-ring (bicyclic) bond motifs is 1. The summed E-state index contributed by atoms with van der Waals surface area (Å²) in [6.07, 6.45) is 5.02. The first-order valence-corrected chi connectivity index (χ1v) is 9.26.